The molecule has 0 radical (unpaired) electrons. The molecule has 0 aromatic heterocycles. The largest absolute Gasteiger partial charge is 0.481 e. The van der Waals surface area contributed by atoms with Crippen molar-refractivity contribution < 1.29 is 23.9 Å². The van der Waals surface area contributed by atoms with Gasteiger partial charge in [0, 0.05) is 6.54 Å². The van der Waals surface area contributed by atoms with Gasteiger partial charge >= 0.3 is 5.97 Å². The molecule has 5 atom stereocenters. The van der Waals surface area contributed by atoms with Crippen LogP contribution in [0.25, 0.3) is 0 Å². The molecule has 1 aliphatic heterocycles. The van der Waals surface area contributed by atoms with E-state index in [4.69, 9.17) is 0 Å². The molecule has 2 bridgehead atoms. The summed E-state index contributed by atoms with van der Waals surface area (Å²) in [5.41, 5.74) is 0.202. The standard InChI is InChI=1S/C20H21FN2O4/c21-13-4-1-2-6-15(13)23-9-3-5-14(19(23)25)22-18(24)16-11-7-8-12(10-11)17(16)20(26)27/h1-2,4,6-8,11-12,14,16-17H,3,5,9-10H2,(H,22,24)(H,26,27). The number of hydrogen-bond donors (Lipinski definition) is 2. The fourth-order valence-electron chi connectivity index (χ4n) is 4.70. The molecule has 1 aromatic rings. The van der Waals surface area contributed by atoms with Gasteiger partial charge in [-0.2, -0.15) is 0 Å². The van der Waals surface area contributed by atoms with Crippen molar-refractivity contribution in [2.45, 2.75) is 25.3 Å². The number of piperidine rings is 1. The van der Waals surface area contributed by atoms with Crippen LogP contribution in [0.1, 0.15) is 19.3 Å². The molecule has 2 fully saturated rings. The monoisotopic (exact) mass is 372 g/mol. The Morgan fingerprint density at radius 1 is 1.15 bits per heavy atom. The number of carboxylic acids is 1. The molecule has 27 heavy (non-hydrogen) atoms. The first-order chi connectivity index (χ1) is 13.0. The van der Waals surface area contributed by atoms with Gasteiger partial charge in [0.25, 0.3) is 0 Å². The van der Waals surface area contributed by atoms with Crippen LogP contribution in [-0.4, -0.2) is 35.5 Å². The zero-order chi connectivity index (χ0) is 19.1. The van der Waals surface area contributed by atoms with Crippen LogP contribution in [0.2, 0.25) is 0 Å². The molecule has 142 valence electrons. The Hall–Kier alpha value is -2.70. The Morgan fingerprint density at radius 3 is 2.56 bits per heavy atom. The number of allylic oxidation sites excluding steroid dienone is 2. The summed E-state index contributed by atoms with van der Waals surface area (Å²) >= 11 is 0. The summed E-state index contributed by atoms with van der Waals surface area (Å²) in [6, 6.07) is 5.29. The van der Waals surface area contributed by atoms with Gasteiger partial charge < -0.3 is 15.3 Å². The SMILES string of the molecule is O=C(O)C1C2C=CC(C2)C1C(=O)NC1CCCN(c2ccccc2F)C1=O. The third-order valence-corrected chi connectivity index (χ3v) is 5.95. The van der Waals surface area contributed by atoms with Crippen molar-refractivity contribution in [3.8, 4) is 0 Å². The van der Waals surface area contributed by atoms with E-state index in [1.54, 1.807) is 18.2 Å². The van der Waals surface area contributed by atoms with Crippen molar-refractivity contribution >= 4 is 23.5 Å². The van der Waals surface area contributed by atoms with Gasteiger partial charge in [-0.3, -0.25) is 14.4 Å². The van der Waals surface area contributed by atoms with E-state index < -0.39 is 35.6 Å². The van der Waals surface area contributed by atoms with Crippen molar-refractivity contribution in [2.75, 3.05) is 11.4 Å². The van der Waals surface area contributed by atoms with E-state index in [1.807, 2.05) is 12.2 Å². The number of amides is 2. The molecule has 1 saturated heterocycles. The van der Waals surface area contributed by atoms with E-state index in [2.05, 4.69) is 5.32 Å². The first-order valence-corrected chi connectivity index (χ1v) is 9.25. The van der Waals surface area contributed by atoms with E-state index in [-0.39, 0.29) is 23.4 Å². The topological polar surface area (TPSA) is 86.7 Å². The summed E-state index contributed by atoms with van der Waals surface area (Å²) < 4.78 is 14.1. The maximum absolute atomic E-state index is 14.1. The lowest BCUT2D eigenvalue weighted by Crippen LogP contribution is -2.54. The lowest BCUT2D eigenvalue weighted by Gasteiger charge is -2.34. The van der Waals surface area contributed by atoms with E-state index in [9.17, 15) is 23.9 Å². The van der Waals surface area contributed by atoms with Crippen LogP contribution in [0, 0.1) is 29.5 Å². The second-order valence-corrected chi connectivity index (χ2v) is 7.48. The third kappa shape index (κ3) is 3.01. The summed E-state index contributed by atoms with van der Waals surface area (Å²) in [7, 11) is 0. The average molecular weight is 372 g/mol. The van der Waals surface area contributed by atoms with Crippen LogP contribution in [0.5, 0.6) is 0 Å². The molecule has 2 amide bonds. The van der Waals surface area contributed by atoms with E-state index in [0.717, 1.165) is 0 Å². The second kappa shape index (κ2) is 6.79. The van der Waals surface area contributed by atoms with Gasteiger partial charge in [-0.1, -0.05) is 24.3 Å². The molecule has 1 aromatic carbocycles. The summed E-state index contributed by atoms with van der Waals surface area (Å²) in [5, 5.41) is 12.3. The van der Waals surface area contributed by atoms with Crippen LogP contribution in [0.3, 0.4) is 0 Å². The molecule has 7 heteroatoms. The maximum Gasteiger partial charge on any atom is 0.307 e. The summed E-state index contributed by atoms with van der Waals surface area (Å²) in [6.45, 7) is 0.390. The number of carbonyl (C=O) groups is 3. The Kier molecular flexibility index (Phi) is 4.45. The number of benzene rings is 1. The third-order valence-electron chi connectivity index (χ3n) is 5.95. The van der Waals surface area contributed by atoms with Crippen LogP contribution in [-0.2, 0) is 14.4 Å². The second-order valence-electron chi connectivity index (χ2n) is 7.48. The molecule has 1 saturated carbocycles. The number of rotatable bonds is 4. The molecular formula is C20H21FN2O4. The highest BCUT2D eigenvalue weighted by molar-refractivity contribution is 6.00. The fraction of sp³-hybridized carbons (Fsp3) is 0.450. The van der Waals surface area contributed by atoms with Crippen LogP contribution in [0.15, 0.2) is 36.4 Å². The zero-order valence-corrected chi connectivity index (χ0v) is 14.7. The molecule has 2 aliphatic carbocycles. The number of hydrogen-bond acceptors (Lipinski definition) is 3. The molecule has 6 nitrogen and oxygen atoms in total. The van der Waals surface area contributed by atoms with Crippen LogP contribution < -0.4 is 10.2 Å². The molecule has 0 spiro atoms. The molecule has 1 heterocycles. The average Bonchev–Trinajstić information content (AvgIpc) is 3.25. The normalized spacial score (nSPS) is 32.0. The number of nitrogens with zero attached hydrogens (tertiary/aromatic N) is 1. The number of fused-ring (bicyclic) bond motifs is 2. The molecule has 2 N–H and O–H groups in total. The number of aliphatic carboxylic acids is 1. The number of para-hydroxylation sites is 1. The van der Waals surface area contributed by atoms with Crippen molar-refractivity contribution in [3.63, 3.8) is 0 Å². The number of halogens is 1. The zero-order valence-electron chi connectivity index (χ0n) is 14.7. The summed E-state index contributed by atoms with van der Waals surface area (Å²) in [4.78, 5) is 38.6. The molecule has 5 unspecified atom stereocenters. The maximum atomic E-state index is 14.1. The van der Waals surface area contributed by atoms with Gasteiger partial charge in [0.15, 0.2) is 0 Å². The number of carbonyl (C=O) groups excluding carboxylic acids is 2. The minimum Gasteiger partial charge on any atom is -0.481 e. The van der Waals surface area contributed by atoms with Crippen molar-refractivity contribution in [2.24, 2.45) is 23.7 Å². The quantitative estimate of drug-likeness (QED) is 0.791. The Bertz CT molecular complexity index is 824. The van der Waals surface area contributed by atoms with Gasteiger partial charge in [-0.15, -0.1) is 0 Å². The molecule has 4 rings (SSSR count). The van der Waals surface area contributed by atoms with Crippen molar-refractivity contribution in [1.82, 2.24) is 5.32 Å². The minimum atomic E-state index is -0.977. The minimum absolute atomic E-state index is 0.0996. The lowest BCUT2D eigenvalue weighted by atomic mass is 9.82. The first kappa shape index (κ1) is 17.7. The lowest BCUT2D eigenvalue weighted by molar-refractivity contribution is -0.148. The van der Waals surface area contributed by atoms with Crippen molar-refractivity contribution in [1.29, 1.82) is 0 Å². The number of anilines is 1. The van der Waals surface area contributed by atoms with Gasteiger partial charge in [0.05, 0.1) is 17.5 Å². The molecule has 3 aliphatic rings. The predicted molar refractivity (Wildman–Crippen MR) is 95.3 cm³/mol. The first-order valence-electron chi connectivity index (χ1n) is 9.25. The van der Waals surface area contributed by atoms with Crippen molar-refractivity contribution in [3.05, 3.63) is 42.2 Å². The highest BCUT2D eigenvalue weighted by Gasteiger charge is 2.52. The number of carboxylic acid groups (broad SMARTS) is 1. The predicted octanol–water partition coefficient (Wildman–Crippen LogP) is 1.96. The molecular weight excluding hydrogens is 351 g/mol. The number of nitrogens with one attached hydrogen (secondary N) is 1. The smallest absolute Gasteiger partial charge is 0.307 e. The van der Waals surface area contributed by atoms with Crippen LogP contribution >= 0.6 is 0 Å². The summed E-state index contributed by atoms with van der Waals surface area (Å²) in [5.74, 6) is -3.84. The van der Waals surface area contributed by atoms with E-state index in [1.165, 1.54) is 11.0 Å². The fourth-order valence-corrected chi connectivity index (χ4v) is 4.70. The Labute approximate surface area is 156 Å². The van der Waals surface area contributed by atoms with Gasteiger partial charge in [-0.25, -0.2) is 4.39 Å². The highest BCUT2D eigenvalue weighted by atomic mass is 19.1. The Balaban J connectivity index is 1.50. The van der Waals surface area contributed by atoms with E-state index >= 15 is 0 Å². The van der Waals surface area contributed by atoms with Gasteiger partial charge in [0.2, 0.25) is 11.8 Å². The van der Waals surface area contributed by atoms with E-state index in [0.29, 0.717) is 25.8 Å². The Morgan fingerprint density at radius 2 is 1.85 bits per heavy atom. The van der Waals surface area contributed by atoms with Gasteiger partial charge in [-0.05, 0) is 43.2 Å². The highest BCUT2D eigenvalue weighted by Crippen LogP contribution is 2.48. The summed E-state index contributed by atoms with van der Waals surface area (Å²) in [6.07, 6.45) is 5.53. The van der Waals surface area contributed by atoms with Crippen LogP contribution in [0.4, 0.5) is 10.1 Å². The van der Waals surface area contributed by atoms with Gasteiger partial charge in [0.1, 0.15) is 11.9 Å².